The van der Waals surface area contributed by atoms with Crippen LogP contribution in [0, 0.1) is 0 Å². The molecule has 2 aromatic rings. The number of likely N-dealkylation sites (tertiary alicyclic amines) is 1. The summed E-state index contributed by atoms with van der Waals surface area (Å²) in [6.45, 7) is 1.01. The van der Waals surface area contributed by atoms with Crippen molar-refractivity contribution in [2.24, 2.45) is 7.05 Å². The van der Waals surface area contributed by atoms with Crippen molar-refractivity contribution in [3.05, 3.63) is 42.2 Å². The number of nitrogens with zero attached hydrogens (tertiary/aromatic N) is 3. The molecule has 2 atom stereocenters. The molecule has 1 fully saturated rings. The van der Waals surface area contributed by atoms with E-state index in [1.54, 1.807) is 4.68 Å². The summed E-state index contributed by atoms with van der Waals surface area (Å²) >= 11 is 0. The molecule has 2 aliphatic heterocycles. The van der Waals surface area contributed by atoms with Gasteiger partial charge in [0.25, 0.3) is 5.91 Å². The molecular weight excluding hydrogens is 294 g/mol. The molecule has 6 nitrogen and oxygen atoms in total. The van der Waals surface area contributed by atoms with E-state index >= 15 is 0 Å². The molecule has 0 saturated carbocycles. The van der Waals surface area contributed by atoms with E-state index in [0.29, 0.717) is 11.5 Å². The van der Waals surface area contributed by atoms with Crippen LogP contribution < -0.4 is 9.47 Å². The summed E-state index contributed by atoms with van der Waals surface area (Å²) in [6, 6.07) is 7.53. The van der Waals surface area contributed by atoms with Crippen LogP contribution in [0.15, 0.2) is 36.7 Å². The smallest absolute Gasteiger partial charge is 0.267 e. The van der Waals surface area contributed by atoms with Crippen molar-refractivity contribution < 1.29 is 14.3 Å². The number of aryl methyl sites for hydroxylation is 1. The van der Waals surface area contributed by atoms with Gasteiger partial charge in [0.05, 0.1) is 12.2 Å². The maximum atomic E-state index is 12.9. The van der Waals surface area contributed by atoms with Crippen molar-refractivity contribution >= 4 is 5.91 Å². The average molecular weight is 313 g/mol. The molecule has 1 amide bonds. The van der Waals surface area contributed by atoms with E-state index < -0.39 is 6.10 Å². The van der Waals surface area contributed by atoms with Crippen LogP contribution in [0.4, 0.5) is 0 Å². The molecule has 23 heavy (non-hydrogen) atoms. The van der Waals surface area contributed by atoms with Gasteiger partial charge in [-0.1, -0.05) is 12.1 Å². The second-order valence-electron chi connectivity index (χ2n) is 6.00. The van der Waals surface area contributed by atoms with Crippen molar-refractivity contribution in [3.63, 3.8) is 0 Å². The van der Waals surface area contributed by atoms with Gasteiger partial charge in [-0.25, -0.2) is 0 Å². The second-order valence-corrected chi connectivity index (χ2v) is 6.00. The summed E-state index contributed by atoms with van der Waals surface area (Å²) in [5.74, 6) is 1.32. The number of amides is 1. The lowest BCUT2D eigenvalue weighted by atomic mass is 10.1. The molecule has 0 bridgehead atoms. The van der Waals surface area contributed by atoms with Crippen LogP contribution in [0.3, 0.4) is 0 Å². The first-order chi connectivity index (χ1) is 11.2. The number of carbonyl (C=O) groups is 1. The summed E-state index contributed by atoms with van der Waals surface area (Å²) < 4.78 is 13.3. The monoisotopic (exact) mass is 313 g/mol. The number of fused-ring (bicyclic) bond motifs is 1. The quantitative estimate of drug-likeness (QED) is 0.850. The molecule has 120 valence electrons. The first-order valence-corrected chi connectivity index (χ1v) is 7.90. The van der Waals surface area contributed by atoms with E-state index in [0.717, 1.165) is 24.9 Å². The fraction of sp³-hybridized carbons (Fsp3) is 0.412. The first-order valence-electron chi connectivity index (χ1n) is 7.90. The molecule has 0 unspecified atom stereocenters. The molecule has 1 aromatic heterocycles. The van der Waals surface area contributed by atoms with E-state index in [-0.39, 0.29) is 18.6 Å². The fourth-order valence-electron chi connectivity index (χ4n) is 3.32. The Bertz CT molecular complexity index is 727. The highest BCUT2D eigenvalue weighted by Crippen LogP contribution is 2.35. The number of carbonyl (C=O) groups excluding carboxylic acids is 1. The van der Waals surface area contributed by atoms with Gasteiger partial charge in [-0.3, -0.25) is 9.48 Å². The molecule has 0 radical (unpaired) electrons. The van der Waals surface area contributed by atoms with Crippen LogP contribution in [0.25, 0.3) is 0 Å². The fourth-order valence-corrected chi connectivity index (χ4v) is 3.32. The van der Waals surface area contributed by atoms with Gasteiger partial charge in [-0.05, 0) is 25.0 Å². The zero-order valence-electron chi connectivity index (χ0n) is 13.0. The Balaban J connectivity index is 1.52. The highest BCUT2D eigenvalue weighted by molar-refractivity contribution is 5.82. The molecule has 6 heteroatoms. The Kier molecular flexibility index (Phi) is 3.44. The Hall–Kier alpha value is -2.50. The third-order valence-corrected chi connectivity index (χ3v) is 4.43. The van der Waals surface area contributed by atoms with Crippen molar-refractivity contribution in [3.8, 4) is 11.5 Å². The maximum absolute atomic E-state index is 12.9. The standard InChI is InChI=1S/C17H19N3O3/c1-19-10-12(9-18-19)13-5-4-8-20(13)17(21)16-11-22-14-6-2-3-7-15(14)23-16/h2-3,6-7,9-10,13,16H,4-5,8,11H2,1H3/t13-,16+/m1/s1. The molecule has 4 rings (SSSR count). The predicted octanol–water partition coefficient (Wildman–Crippen LogP) is 1.92. The topological polar surface area (TPSA) is 56.6 Å². The van der Waals surface area contributed by atoms with E-state index in [9.17, 15) is 4.79 Å². The summed E-state index contributed by atoms with van der Waals surface area (Å²) in [6.07, 6.45) is 5.19. The first kappa shape index (κ1) is 14.1. The van der Waals surface area contributed by atoms with Crippen molar-refractivity contribution in [2.75, 3.05) is 13.2 Å². The number of benzene rings is 1. The Morgan fingerprint density at radius 1 is 1.30 bits per heavy atom. The van der Waals surface area contributed by atoms with Gasteiger partial charge in [0.15, 0.2) is 11.5 Å². The van der Waals surface area contributed by atoms with Gasteiger partial charge >= 0.3 is 0 Å². The van der Waals surface area contributed by atoms with E-state index in [1.165, 1.54) is 0 Å². The minimum atomic E-state index is -0.581. The third kappa shape index (κ3) is 2.54. The van der Waals surface area contributed by atoms with Crippen LogP contribution in [-0.4, -0.2) is 39.8 Å². The summed E-state index contributed by atoms with van der Waals surface area (Å²) in [7, 11) is 1.89. The van der Waals surface area contributed by atoms with Crippen molar-refractivity contribution in [2.45, 2.75) is 25.0 Å². The zero-order valence-corrected chi connectivity index (χ0v) is 13.0. The number of para-hydroxylation sites is 2. The SMILES string of the molecule is Cn1cc([C@H]2CCCN2C(=O)[C@@H]2COc3ccccc3O2)cn1. The zero-order chi connectivity index (χ0) is 15.8. The van der Waals surface area contributed by atoms with Gasteiger partial charge in [-0.2, -0.15) is 5.10 Å². The Morgan fingerprint density at radius 2 is 2.13 bits per heavy atom. The van der Waals surface area contributed by atoms with Crippen LogP contribution >= 0.6 is 0 Å². The number of hydrogen-bond acceptors (Lipinski definition) is 4. The third-order valence-electron chi connectivity index (χ3n) is 4.43. The minimum Gasteiger partial charge on any atom is -0.485 e. The number of hydrogen-bond donors (Lipinski definition) is 0. The number of aromatic nitrogens is 2. The highest BCUT2D eigenvalue weighted by Gasteiger charge is 2.37. The van der Waals surface area contributed by atoms with Crippen molar-refractivity contribution in [1.82, 2.24) is 14.7 Å². The van der Waals surface area contributed by atoms with Gasteiger partial charge < -0.3 is 14.4 Å². The molecular formula is C17H19N3O3. The Labute approximate surface area is 134 Å². The highest BCUT2D eigenvalue weighted by atomic mass is 16.6. The predicted molar refractivity (Wildman–Crippen MR) is 83.2 cm³/mol. The lowest BCUT2D eigenvalue weighted by Crippen LogP contribution is -2.46. The molecule has 1 aromatic carbocycles. The number of ether oxygens (including phenoxy) is 2. The lowest BCUT2D eigenvalue weighted by Gasteiger charge is -2.31. The minimum absolute atomic E-state index is 0.00847. The molecule has 2 aliphatic rings. The lowest BCUT2D eigenvalue weighted by molar-refractivity contribution is -0.142. The summed E-state index contributed by atoms with van der Waals surface area (Å²) in [4.78, 5) is 14.8. The van der Waals surface area contributed by atoms with Crippen molar-refractivity contribution in [1.29, 1.82) is 0 Å². The molecule has 3 heterocycles. The van der Waals surface area contributed by atoms with Crippen LogP contribution in [0.1, 0.15) is 24.4 Å². The van der Waals surface area contributed by atoms with Crippen LogP contribution in [0.2, 0.25) is 0 Å². The Morgan fingerprint density at radius 3 is 2.91 bits per heavy atom. The molecule has 0 aliphatic carbocycles. The normalized spacial score (nSPS) is 23.1. The van der Waals surface area contributed by atoms with Gasteiger partial charge in [0, 0.05) is 25.4 Å². The van der Waals surface area contributed by atoms with Crippen LogP contribution in [0.5, 0.6) is 11.5 Å². The largest absolute Gasteiger partial charge is 0.485 e. The van der Waals surface area contributed by atoms with Crippen LogP contribution in [-0.2, 0) is 11.8 Å². The summed E-state index contributed by atoms with van der Waals surface area (Å²) in [5, 5.41) is 4.22. The van der Waals surface area contributed by atoms with E-state index in [4.69, 9.17) is 9.47 Å². The maximum Gasteiger partial charge on any atom is 0.267 e. The van der Waals surface area contributed by atoms with Gasteiger partial charge in [0.1, 0.15) is 6.61 Å². The molecule has 0 N–H and O–H groups in total. The molecule has 1 saturated heterocycles. The van der Waals surface area contributed by atoms with E-state index in [1.807, 2.05) is 48.6 Å². The summed E-state index contributed by atoms with van der Waals surface area (Å²) in [5.41, 5.74) is 1.08. The van der Waals surface area contributed by atoms with Gasteiger partial charge in [-0.15, -0.1) is 0 Å². The second kappa shape index (κ2) is 5.61. The van der Waals surface area contributed by atoms with Gasteiger partial charge in [0.2, 0.25) is 6.10 Å². The van der Waals surface area contributed by atoms with E-state index in [2.05, 4.69) is 5.10 Å². The number of rotatable bonds is 2. The average Bonchev–Trinajstić information content (AvgIpc) is 3.22. The molecule has 0 spiro atoms.